The standard InChI is InChI=1S/C17H25BrN2O2/c1-5-14-12-19(15-8-6-13(18)7-9-15)10-11-20(14)16(21)22-17(2,3)4/h6-9,14H,5,10-12H2,1-4H3/t14-/m1/s1. The topological polar surface area (TPSA) is 32.8 Å². The molecular weight excluding hydrogens is 344 g/mol. The zero-order valence-corrected chi connectivity index (χ0v) is 15.4. The molecule has 1 aliphatic heterocycles. The molecule has 0 aliphatic carbocycles. The minimum atomic E-state index is -0.446. The van der Waals surface area contributed by atoms with Gasteiger partial charge in [0.15, 0.2) is 0 Å². The molecule has 1 atom stereocenters. The molecule has 1 fully saturated rings. The molecule has 2 rings (SSSR count). The first kappa shape index (κ1) is 17.1. The first-order chi connectivity index (χ1) is 10.3. The Balaban J connectivity index is 2.05. The number of carbonyl (C=O) groups excluding carboxylic acids is 1. The van der Waals surface area contributed by atoms with Gasteiger partial charge >= 0.3 is 6.09 Å². The first-order valence-corrected chi connectivity index (χ1v) is 8.59. The van der Waals surface area contributed by atoms with E-state index in [0.717, 1.165) is 24.0 Å². The zero-order chi connectivity index (χ0) is 16.3. The smallest absolute Gasteiger partial charge is 0.410 e. The normalized spacial score (nSPS) is 19.2. The number of hydrogen-bond donors (Lipinski definition) is 0. The summed E-state index contributed by atoms with van der Waals surface area (Å²) in [4.78, 5) is 16.6. The van der Waals surface area contributed by atoms with Gasteiger partial charge < -0.3 is 14.5 Å². The minimum absolute atomic E-state index is 0.187. The van der Waals surface area contributed by atoms with E-state index in [1.54, 1.807) is 0 Å². The van der Waals surface area contributed by atoms with Crippen LogP contribution < -0.4 is 4.90 Å². The second kappa shape index (κ2) is 6.90. The number of nitrogens with zero attached hydrogens (tertiary/aromatic N) is 2. The number of rotatable bonds is 2. The molecule has 1 aromatic carbocycles. The maximum atomic E-state index is 12.3. The maximum absolute atomic E-state index is 12.3. The molecule has 4 nitrogen and oxygen atoms in total. The van der Waals surface area contributed by atoms with E-state index >= 15 is 0 Å². The Labute approximate surface area is 141 Å². The maximum Gasteiger partial charge on any atom is 0.410 e. The highest BCUT2D eigenvalue weighted by atomic mass is 79.9. The van der Waals surface area contributed by atoms with Gasteiger partial charge in [-0.15, -0.1) is 0 Å². The van der Waals surface area contributed by atoms with Crippen molar-refractivity contribution in [3.8, 4) is 0 Å². The van der Waals surface area contributed by atoms with Crippen LogP contribution in [0.1, 0.15) is 34.1 Å². The van der Waals surface area contributed by atoms with Crippen LogP contribution in [-0.2, 0) is 4.74 Å². The average Bonchev–Trinajstić information content (AvgIpc) is 2.45. The van der Waals surface area contributed by atoms with Crippen molar-refractivity contribution in [2.75, 3.05) is 24.5 Å². The molecular formula is C17H25BrN2O2. The summed E-state index contributed by atoms with van der Waals surface area (Å²) < 4.78 is 6.61. The fraction of sp³-hybridized carbons (Fsp3) is 0.588. The molecule has 5 heteroatoms. The highest BCUT2D eigenvalue weighted by molar-refractivity contribution is 9.10. The summed E-state index contributed by atoms with van der Waals surface area (Å²) in [5, 5.41) is 0. The SMILES string of the molecule is CC[C@@H]1CN(c2ccc(Br)cc2)CCN1C(=O)OC(C)(C)C. The van der Waals surface area contributed by atoms with Crippen molar-refractivity contribution in [3.63, 3.8) is 0 Å². The third kappa shape index (κ3) is 4.38. The molecule has 1 aromatic rings. The number of carbonyl (C=O) groups is 1. The first-order valence-electron chi connectivity index (χ1n) is 7.80. The third-order valence-electron chi connectivity index (χ3n) is 3.77. The van der Waals surface area contributed by atoms with Crippen molar-refractivity contribution in [1.29, 1.82) is 0 Å². The summed E-state index contributed by atoms with van der Waals surface area (Å²) >= 11 is 3.46. The molecule has 0 unspecified atom stereocenters. The Bertz CT molecular complexity index is 510. The van der Waals surface area contributed by atoms with Gasteiger partial charge in [0, 0.05) is 29.8 Å². The van der Waals surface area contributed by atoms with Crippen LogP contribution in [0, 0.1) is 0 Å². The molecule has 122 valence electrons. The van der Waals surface area contributed by atoms with Crippen molar-refractivity contribution in [2.45, 2.75) is 45.8 Å². The summed E-state index contributed by atoms with van der Waals surface area (Å²) in [5.74, 6) is 0. The van der Waals surface area contributed by atoms with Gasteiger partial charge in [-0.25, -0.2) is 4.79 Å². The van der Waals surface area contributed by atoms with E-state index in [1.807, 2.05) is 25.7 Å². The van der Waals surface area contributed by atoms with Crippen LogP contribution in [0.2, 0.25) is 0 Å². The van der Waals surface area contributed by atoms with Gasteiger partial charge in [-0.3, -0.25) is 0 Å². The van der Waals surface area contributed by atoms with Crippen molar-refractivity contribution in [3.05, 3.63) is 28.7 Å². The highest BCUT2D eigenvalue weighted by Gasteiger charge is 2.32. The summed E-state index contributed by atoms with van der Waals surface area (Å²) in [5.41, 5.74) is 0.753. The van der Waals surface area contributed by atoms with Gasteiger partial charge in [0.05, 0.1) is 6.04 Å². The lowest BCUT2D eigenvalue weighted by Gasteiger charge is -2.42. The zero-order valence-electron chi connectivity index (χ0n) is 13.8. The predicted octanol–water partition coefficient (Wildman–Crippen LogP) is 4.28. The summed E-state index contributed by atoms with van der Waals surface area (Å²) in [6.45, 7) is 10.2. The lowest BCUT2D eigenvalue weighted by Crippen LogP contribution is -2.56. The van der Waals surface area contributed by atoms with Crippen LogP contribution >= 0.6 is 15.9 Å². The van der Waals surface area contributed by atoms with E-state index in [-0.39, 0.29) is 12.1 Å². The van der Waals surface area contributed by atoms with Gasteiger partial charge in [0.25, 0.3) is 0 Å². The number of ether oxygens (including phenoxy) is 1. The molecule has 0 aromatic heterocycles. The van der Waals surface area contributed by atoms with E-state index in [1.165, 1.54) is 5.69 Å². The van der Waals surface area contributed by atoms with Crippen LogP contribution in [0.25, 0.3) is 0 Å². The van der Waals surface area contributed by atoms with Gasteiger partial charge in [-0.2, -0.15) is 0 Å². The molecule has 0 saturated carbocycles. The summed E-state index contributed by atoms with van der Waals surface area (Å²) in [6.07, 6.45) is 0.724. The van der Waals surface area contributed by atoms with Crippen LogP contribution in [0.3, 0.4) is 0 Å². The lowest BCUT2D eigenvalue weighted by atomic mass is 10.1. The van der Waals surface area contributed by atoms with Crippen LogP contribution in [-0.4, -0.2) is 42.3 Å². The van der Waals surface area contributed by atoms with E-state index < -0.39 is 5.60 Å². The Kier molecular flexibility index (Phi) is 5.37. The minimum Gasteiger partial charge on any atom is -0.444 e. The number of amides is 1. The average molecular weight is 369 g/mol. The Morgan fingerprint density at radius 2 is 1.91 bits per heavy atom. The van der Waals surface area contributed by atoms with E-state index in [9.17, 15) is 4.79 Å². The quantitative estimate of drug-likeness (QED) is 0.780. The molecule has 0 spiro atoms. The second-order valence-electron chi connectivity index (χ2n) is 6.66. The molecule has 1 aliphatic rings. The van der Waals surface area contributed by atoms with Crippen molar-refractivity contribution in [2.24, 2.45) is 0 Å². The molecule has 1 saturated heterocycles. The molecule has 0 radical (unpaired) electrons. The van der Waals surface area contributed by atoms with Crippen molar-refractivity contribution < 1.29 is 9.53 Å². The van der Waals surface area contributed by atoms with Crippen molar-refractivity contribution >= 4 is 27.7 Å². The molecule has 0 bridgehead atoms. The number of anilines is 1. The largest absolute Gasteiger partial charge is 0.444 e. The lowest BCUT2D eigenvalue weighted by molar-refractivity contribution is 0.0137. The van der Waals surface area contributed by atoms with E-state index in [2.05, 4.69) is 52.0 Å². The fourth-order valence-corrected chi connectivity index (χ4v) is 2.92. The number of halogens is 1. The molecule has 22 heavy (non-hydrogen) atoms. The van der Waals surface area contributed by atoms with E-state index in [0.29, 0.717) is 6.54 Å². The second-order valence-corrected chi connectivity index (χ2v) is 7.57. The van der Waals surface area contributed by atoms with Crippen molar-refractivity contribution in [1.82, 2.24) is 4.90 Å². The Hall–Kier alpha value is -1.23. The Morgan fingerprint density at radius 3 is 2.45 bits per heavy atom. The third-order valence-corrected chi connectivity index (χ3v) is 4.30. The van der Waals surface area contributed by atoms with Gasteiger partial charge in [-0.05, 0) is 51.5 Å². The molecule has 1 amide bonds. The van der Waals surface area contributed by atoms with E-state index in [4.69, 9.17) is 4.74 Å². The van der Waals surface area contributed by atoms with Crippen LogP contribution in [0.4, 0.5) is 10.5 Å². The fourth-order valence-electron chi connectivity index (χ4n) is 2.65. The monoisotopic (exact) mass is 368 g/mol. The predicted molar refractivity (Wildman–Crippen MR) is 93.4 cm³/mol. The summed E-state index contributed by atoms with van der Waals surface area (Å²) in [7, 11) is 0. The van der Waals surface area contributed by atoms with Gasteiger partial charge in [-0.1, -0.05) is 22.9 Å². The Morgan fingerprint density at radius 1 is 1.27 bits per heavy atom. The summed E-state index contributed by atoms with van der Waals surface area (Å²) in [6, 6.07) is 8.51. The van der Waals surface area contributed by atoms with Crippen LogP contribution in [0.5, 0.6) is 0 Å². The van der Waals surface area contributed by atoms with Gasteiger partial charge in [0.1, 0.15) is 5.60 Å². The number of benzene rings is 1. The number of piperazine rings is 1. The van der Waals surface area contributed by atoms with Crippen LogP contribution in [0.15, 0.2) is 28.7 Å². The van der Waals surface area contributed by atoms with Gasteiger partial charge in [0.2, 0.25) is 0 Å². The highest BCUT2D eigenvalue weighted by Crippen LogP contribution is 2.24. The molecule has 0 N–H and O–H groups in total. The number of hydrogen-bond acceptors (Lipinski definition) is 3. The molecule has 1 heterocycles.